The van der Waals surface area contributed by atoms with Gasteiger partial charge in [-0.15, -0.1) is 0 Å². The van der Waals surface area contributed by atoms with Gasteiger partial charge >= 0.3 is 0 Å². The van der Waals surface area contributed by atoms with Crippen LogP contribution in [0, 0.1) is 0 Å². The summed E-state index contributed by atoms with van der Waals surface area (Å²) in [4.78, 5) is 17.4. The number of nitrogens with zero attached hydrogens (tertiary/aromatic N) is 2. The summed E-state index contributed by atoms with van der Waals surface area (Å²) in [7, 11) is 2.19. The number of nitrogens with two attached hydrogens (primary N) is 1. The van der Waals surface area contributed by atoms with Crippen molar-refractivity contribution in [2.24, 2.45) is 5.73 Å². The van der Waals surface area contributed by atoms with Crippen molar-refractivity contribution in [3.63, 3.8) is 0 Å². The van der Waals surface area contributed by atoms with Crippen LogP contribution in [-0.4, -0.2) is 79.1 Å². The molecule has 0 bridgehead atoms. The molecule has 2 rings (SSSR count). The number of likely N-dealkylation sites (tertiary alicyclic amines) is 2. The first kappa shape index (κ1) is 19.0. The highest BCUT2D eigenvalue weighted by molar-refractivity contribution is 7.98. The molecule has 0 saturated carbocycles. The fourth-order valence-electron chi connectivity index (χ4n) is 3.77. The minimum atomic E-state index is -0.368. The van der Waals surface area contributed by atoms with E-state index in [2.05, 4.69) is 28.4 Å². The Morgan fingerprint density at radius 1 is 1.22 bits per heavy atom. The van der Waals surface area contributed by atoms with Gasteiger partial charge in [-0.25, -0.2) is 0 Å². The van der Waals surface area contributed by atoms with Crippen LogP contribution in [0.3, 0.4) is 0 Å². The molecule has 0 unspecified atom stereocenters. The van der Waals surface area contributed by atoms with Gasteiger partial charge in [-0.3, -0.25) is 9.69 Å². The van der Waals surface area contributed by atoms with E-state index in [1.54, 1.807) is 11.8 Å². The van der Waals surface area contributed by atoms with E-state index in [1.165, 1.54) is 32.4 Å². The zero-order valence-corrected chi connectivity index (χ0v) is 15.7. The molecule has 2 saturated heterocycles. The minimum absolute atomic E-state index is 0.0226. The summed E-state index contributed by atoms with van der Waals surface area (Å²) < 4.78 is 0. The van der Waals surface area contributed by atoms with Gasteiger partial charge in [0.05, 0.1) is 6.04 Å². The van der Waals surface area contributed by atoms with Crippen molar-refractivity contribution in [2.45, 2.75) is 50.1 Å². The lowest BCUT2D eigenvalue weighted by Crippen LogP contribution is -2.62. The smallest absolute Gasteiger partial charge is 0.237 e. The second kappa shape index (κ2) is 9.25. The fourth-order valence-corrected chi connectivity index (χ4v) is 4.26. The normalized spacial score (nSPS) is 24.3. The highest BCUT2D eigenvalue weighted by Gasteiger charge is 2.40. The molecule has 2 aliphatic rings. The molecule has 0 aromatic rings. The van der Waals surface area contributed by atoms with Crippen LogP contribution in [0.5, 0.6) is 0 Å². The summed E-state index contributed by atoms with van der Waals surface area (Å²) in [6.07, 6.45) is 9.02. The van der Waals surface area contributed by atoms with Gasteiger partial charge in [0, 0.05) is 12.1 Å². The molecule has 134 valence electrons. The zero-order valence-electron chi connectivity index (χ0n) is 14.9. The van der Waals surface area contributed by atoms with Crippen molar-refractivity contribution in [2.75, 3.05) is 51.8 Å². The maximum atomic E-state index is 12.3. The predicted octanol–water partition coefficient (Wildman–Crippen LogP) is 1.13. The number of carbonyl (C=O) groups excluding carboxylic acids is 1. The van der Waals surface area contributed by atoms with E-state index >= 15 is 0 Å². The standard InChI is InChI=1S/C17H34N4OS/c1-20-11-7-17(8-12-20,21-9-4-3-5-10-21)14-19-16(22)15(18)6-13-23-2/h15H,3-14,18H2,1-2H3,(H,19,22)/t15-/m0/s1. The molecule has 0 radical (unpaired) electrons. The van der Waals surface area contributed by atoms with Gasteiger partial charge in [0.2, 0.25) is 5.91 Å². The summed E-state index contributed by atoms with van der Waals surface area (Å²) in [5.74, 6) is 0.964. The SMILES string of the molecule is CSCC[C@H](N)C(=O)NCC1(N2CCCCC2)CCN(C)CC1. The molecular weight excluding hydrogens is 308 g/mol. The van der Waals surface area contributed by atoms with Gasteiger partial charge < -0.3 is 16.0 Å². The number of piperidine rings is 2. The number of hydrogen-bond acceptors (Lipinski definition) is 5. The number of carbonyl (C=O) groups is 1. The van der Waals surface area contributed by atoms with Crippen LogP contribution in [0.15, 0.2) is 0 Å². The predicted molar refractivity (Wildman–Crippen MR) is 98.9 cm³/mol. The Morgan fingerprint density at radius 2 is 1.87 bits per heavy atom. The Morgan fingerprint density at radius 3 is 2.48 bits per heavy atom. The first-order chi connectivity index (χ1) is 11.1. The lowest BCUT2D eigenvalue weighted by Gasteiger charge is -2.50. The monoisotopic (exact) mass is 342 g/mol. The van der Waals surface area contributed by atoms with Crippen molar-refractivity contribution in [1.82, 2.24) is 15.1 Å². The molecule has 0 aromatic carbocycles. The largest absolute Gasteiger partial charge is 0.353 e. The molecule has 0 spiro atoms. The molecule has 1 amide bonds. The van der Waals surface area contributed by atoms with E-state index in [9.17, 15) is 4.79 Å². The highest BCUT2D eigenvalue weighted by atomic mass is 32.2. The molecule has 1 atom stereocenters. The number of thioether (sulfide) groups is 1. The van der Waals surface area contributed by atoms with Crippen LogP contribution in [0.1, 0.15) is 38.5 Å². The molecule has 2 aliphatic heterocycles. The van der Waals surface area contributed by atoms with Gasteiger partial charge in [0.15, 0.2) is 0 Å². The third-order valence-corrected chi connectivity index (χ3v) is 6.15. The maximum Gasteiger partial charge on any atom is 0.237 e. The van der Waals surface area contributed by atoms with Gasteiger partial charge in [0.1, 0.15) is 0 Å². The van der Waals surface area contributed by atoms with Crippen molar-refractivity contribution in [1.29, 1.82) is 0 Å². The molecule has 0 aliphatic carbocycles. The van der Waals surface area contributed by atoms with Crippen LogP contribution >= 0.6 is 11.8 Å². The second-order valence-corrected chi connectivity index (χ2v) is 8.17. The number of nitrogens with one attached hydrogen (secondary N) is 1. The maximum absolute atomic E-state index is 12.3. The molecule has 5 nitrogen and oxygen atoms in total. The summed E-state index contributed by atoms with van der Waals surface area (Å²) in [6.45, 7) is 5.35. The molecule has 2 fully saturated rings. The Hall–Kier alpha value is -0.300. The number of rotatable bonds is 7. The van der Waals surface area contributed by atoms with Gasteiger partial charge in [-0.2, -0.15) is 11.8 Å². The lowest BCUT2D eigenvalue weighted by atomic mass is 9.84. The second-order valence-electron chi connectivity index (χ2n) is 7.18. The van der Waals surface area contributed by atoms with Crippen LogP contribution < -0.4 is 11.1 Å². The van der Waals surface area contributed by atoms with Crippen molar-refractivity contribution >= 4 is 17.7 Å². The fraction of sp³-hybridized carbons (Fsp3) is 0.941. The van der Waals surface area contributed by atoms with Gasteiger partial charge in [-0.1, -0.05) is 6.42 Å². The zero-order chi connectivity index (χ0) is 16.7. The molecule has 3 N–H and O–H groups in total. The van der Waals surface area contributed by atoms with Crippen LogP contribution in [0.2, 0.25) is 0 Å². The molecule has 2 heterocycles. The van der Waals surface area contributed by atoms with Crippen molar-refractivity contribution in [3.05, 3.63) is 0 Å². The summed E-state index contributed by atoms with van der Waals surface area (Å²) in [6, 6.07) is -0.368. The summed E-state index contributed by atoms with van der Waals surface area (Å²) >= 11 is 1.74. The summed E-state index contributed by atoms with van der Waals surface area (Å²) in [5.41, 5.74) is 6.16. The van der Waals surface area contributed by atoms with E-state index in [-0.39, 0.29) is 17.5 Å². The molecule has 6 heteroatoms. The lowest BCUT2D eigenvalue weighted by molar-refractivity contribution is -0.123. The topological polar surface area (TPSA) is 61.6 Å². The number of hydrogen-bond donors (Lipinski definition) is 2. The van der Waals surface area contributed by atoms with Crippen molar-refractivity contribution < 1.29 is 4.79 Å². The van der Waals surface area contributed by atoms with Crippen LogP contribution in [0.25, 0.3) is 0 Å². The third kappa shape index (κ3) is 5.34. The average Bonchev–Trinajstić information content (AvgIpc) is 2.60. The van der Waals surface area contributed by atoms with E-state index in [1.807, 2.05) is 0 Å². The average molecular weight is 343 g/mol. The quantitative estimate of drug-likeness (QED) is 0.726. The first-order valence-corrected chi connectivity index (χ1v) is 10.4. The van der Waals surface area contributed by atoms with Crippen LogP contribution in [-0.2, 0) is 4.79 Å². The molecule has 0 aromatic heterocycles. The van der Waals surface area contributed by atoms with Gasteiger partial charge in [-0.05, 0) is 77.3 Å². The Balaban J connectivity index is 1.93. The van der Waals surface area contributed by atoms with E-state index in [0.29, 0.717) is 0 Å². The first-order valence-electron chi connectivity index (χ1n) is 9.03. The molecule has 23 heavy (non-hydrogen) atoms. The highest BCUT2D eigenvalue weighted by Crippen LogP contribution is 2.30. The van der Waals surface area contributed by atoms with E-state index in [0.717, 1.165) is 44.6 Å². The molecular formula is C17H34N4OS. The minimum Gasteiger partial charge on any atom is -0.353 e. The summed E-state index contributed by atoms with van der Waals surface area (Å²) in [5, 5.41) is 3.18. The van der Waals surface area contributed by atoms with E-state index < -0.39 is 0 Å². The Kier molecular flexibility index (Phi) is 7.66. The third-order valence-electron chi connectivity index (χ3n) is 5.51. The Bertz CT molecular complexity index is 366. The Labute approximate surface area is 145 Å². The number of amides is 1. The van der Waals surface area contributed by atoms with Crippen LogP contribution in [0.4, 0.5) is 0 Å². The van der Waals surface area contributed by atoms with Crippen molar-refractivity contribution in [3.8, 4) is 0 Å². The van der Waals surface area contributed by atoms with Gasteiger partial charge in [0.25, 0.3) is 0 Å². The van der Waals surface area contributed by atoms with E-state index in [4.69, 9.17) is 5.73 Å².